The van der Waals surface area contributed by atoms with Crippen molar-refractivity contribution in [2.45, 2.75) is 83.1 Å². The average molecular weight is 495 g/mol. The Kier molecular flexibility index (Phi) is 7.88. The lowest BCUT2D eigenvalue weighted by atomic mass is 10.0. The van der Waals surface area contributed by atoms with Crippen LogP contribution in [0.4, 0.5) is 4.79 Å². The summed E-state index contributed by atoms with van der Waals surface area (Å²) in [5, 5.41) is 0. The zero-order valence-corrected chi connectivity index (χ0v) is 21.7. The van der Waals surface area contributed by atoms with Gasteiger partial charge in [-0.1, -0.05) is 24.3 Å². The van der Waals surface area contributed by atoms with E-state index in [2.05, 4.69) is 24.3 Å². The summed E-state index contributed by atoms with van der Waals surface area (Å²) >= 11 is 0. The van der Waals surface area contributed by atoms with Gasteiger partial charge in [-0.15, -0.1) is 0 Å². The summed E-state index contributed by atoms with van der Waals surface area (Å²) in [6.45, 7) is 8.36. The van der Waals surface area contributed by atoms with Gasteiger partial charge in [0.1, 0.15) is 23.6 Å². The van der Waals surface area contributed by atoms with Crippen LogP contribution >= 0.6 is 0 Å². The Hall–Kier alpha value is -3.06. The number of nitrogens with zero attached hydrogens (tertiary/aromatic N) is 1. The molecular weight excluding hydrogens is 456 g/mol. The minimum absolute atomic E-state index is 0.208. The highest BCUT2D eigenvalue weighted by molar-refractivity contribution is 5.89. The van der Waals surface area contributed by atoms with Crippen LogP contribution in [0.5, 0.6) is 5.75 Å². The fourth-order valence-electron chi connectivity index (χ4n) is 4.42. The number of rotatable bonds is 7. The number of piperidine rings is 1. The van der Waals surface area contributed by atoms with Crippen LogP contribution in [0.25, 0.3) is 0 Å². The third-order valence-corrected chi connectivity index (χ3v) is 6.45. The minimum atomic E-state index is -0.564. The van der Waals surface area contributed by atoms with Crippen LogP contribution in [0.2, 0.25) is 0 Å². The molecule has 4 rings (SSSR count). The molecule has 194 valence electrons. The molecule has 1 aliphatic carbocycles. The molecule has 2 N–H and O–H groups in total. The molecule has 2 fully saturated rings. The SMILES string of the molecule is CC(N)C(Oc1ccc(C(=O)O[C@H]2CCCN(C(=O)OC(C)(C)C)C2)cc1)c1ccc(C2CC2)cc1. The third kappa shape index (κ3) is 7.00. The number of hydrogen-bond donors (Lipinski definition) is 1. The molecule has 1 aliphatic heterocycles. The van der Waals surface area contributed by atoms with E-state index in [4.69, 9.17) is 19.9 Å². The molecule has 0 bridgehead atoms. The first kappa shape index (κ1) is 26.0. The van der Waals surface area contributed by atoms with Crippen molar-refractivity contribution in [2.24, 2.45) is 5.73 Å². The molecular formula is C29H38N2O5. The number of carbonyl (C=O) groups is 2. The highest BCUT2D eigenvalue weighted by Gasteiger charge is 2.30. The van der Waals surface area contributed by atoms with Gasteiger partial charge in [0.05, 0.1) is 12.1 Å². The van der Waals surface area contributed by atoms with Crippen LogP contribution in [0.3, 0.4) is 0 Å². The van der Waals surface area contributed by atoms with Crippen molar-refractivity contribution in [1.29, 1.82) is 0 Å². The number of hydrogen-bond acceptors (Lipinski definition) is 6. The molecule has 7 heteroatoms. The van der Waals surface area contributed by atoms with Crippen LogP contribution in [0, 0.1) is 0 Å². The first-order valence-electron chi connectivity index (χ1n) is 12.9. The molecule has 1 saturated heterocycles. The first-order chi connectivity index (χ1) is 17.1. The van der Waals surface area contributed by atoms with Crippen LogP contribution in [0.15, 0.2) is 48.5 Å². The lowest BCUT2D eigenvalue weighted by Gasteiger charge is -2.33. The Morgan fingerprint density at radius 2 is 1.67 bits per heavy atom. The summed E-state index contributed by atoms with van der Waals surface area (Å²) < 4.78 is 17.4. The highest BCUT2D eigenvalue weighted by atomic mass is 16.6. The molecule has 0 aromatic heterocycles. The Bertz CT molecular complexity index is 1040. The lowest BCUT2D eigenvalue weighted by Crippen LogP contribution is -2.45. The summed E-state index contributed by atoms with van der Waals surface area (Å²) in [5.74, 6) is 0.917. The molecule has 2 aromatic rings. The van der Waals surface area contributed by atoms with Crippen LogP contribution < -0.4 is 10.5 Å². The average Bonchev–Trinajstić information content (AvgIpc) is 3.68. The van der Waals surface area contributed by atoms with Gasteiger partial charge in [-0.2, -0.15) is 0 Å². The van der Waals surface area contributed by atoms with Gasteiger partial charge in [0.15, 0.2) is 0 Å². The van der Waals surface area contributed by atoms with E-state index in [1.54, 1.807) is 29.2 Å². The molecule has 1 saturated carbocycles. The second-order valence-corrected chi connectivity index (χ2v) is 11.0. The number of benzene rings is 2. The van der Waals surface area contributed by atoms with Gasteiger partial charge in [-0.05, 0) is 94.7 Å². The molecule has 2 aliphatic rings. The van der Waals surface area contributed by atoms with Gasteiger partial charge in [0.25, 0.3) is 0 Å². The van der Waals surface area contributed by atoms with E-state index in [9.17, 15) is 9.59 Å². The molecule has 3 atom stereocenters. The maximum Gasteiger partial charge on any atom is 0.410 e. The maximum atomic E-state index is 12.8. The van der Waals surface area contributed by atoms with E-state index >= 15 is 0 Å². The Labute approximate surface area is 213 Å². The molecule has 2 aromatic carbocycles. The second kappa shape index (κ2) is 10.9. The van der Waals surface area contributed by atoms with E-state index in [0.717, 1.165) is 12.0 Å². The highest BCUT2D eigenvalue weighted by Crippen LogP contribution is 2.40. The van der Waals surface area contributed by atoms with Crippen LogP contribution in [0.1, 0.15) is 86.9 Å². The number of ether oxygens (including phenoxy) is 3. The number of esters is 1. The second-order valence-electron chi connectivity index (χ2n) is 11.0. The fourth-order valence-corrected chi connectivity index (χ4v) is 4.42. The molecule has 0 radical (unpaired) electrons. The number of carbonyl (C=O) groups excluding carboxylic acids is 2. The Morgan fingerprint density at radius 3 is 2.25 bits per heavy atom. The van der Waals surface area contributed by atoms with E-state index in [0.29, 0.717) is 36.7 Å². The summed E-state index contributed by atoms with van der Waals surface area (Å²) in [6, 6.07) is 15.2. The predicted molar refractivity (Wildman–Crippen MR) is 138 cm³/mol. The largest absolute Gasteiger partial charge is 0.484 e. The summed E-state index contributed by atoms with van der Waals surface area (Å²) in [7, 11) is 0. The summed E-state index contributed by atoms with van der Waals surface area (Å²) in [6.07, 6.45) is 2.96. The van der Waals surface area contributed by atoms with Crippen molar-refractivity contribution in [3.63, 3.8) is 0 Å². The first-order valence-corrected chi connectivity index (χ1v) is 12.9. The summed E-state index contributed by atoms with van der Waals surface area (Å²) in [4.78, 5) is 26.7. The van der Waals surface area contributed by atoms with Crippen LogP contribution in [-0.4, -0.2) is 47.8 Å². The molecule has 7 nitrogen and oxygen atoms in total. The monoisotopic (exact) mass is 494 g/mol. The Balaban J connectivity index is 1.33. The minimum Gasteiger partial charge on any atom is -0.484 e. The number of nitrogens with two attached hydrogens (primary N) is 1. The topological polar surface area (TPSA) is 91.1 Å². The van der Waals surface area contributed by atoms with Gasteiger partial charge in [0.2, 0.25) is 0 Å². The fraction of sp³-hybridized carbons (Fsp3) is 0.517. The van der Waals surface area contributed by atoms with Crippen molar-refractivity contribution in [1.82, 2.24) is 4.90 Å². The maximum absolute atomic E-state index is 12.8. The normalized spacial score (nSPS) is 19.8. The molecule has 1 heterocycles. The number of likely N-dealkylation sites (tertiary alicyclic amines) is 1. The van der Waals surface area contributed by atoms with Crippen molar-refractivity contribution in [3.05, 3.63) is 65.2 Å². The van der Waals surface area contributed by atoms with Crippen molar-refractivity contribution >= 4 is 12.1 Å². The zero-order valence-electron chi connectivity index (χ0n) is 21.7. The zero-order chi connectivity index (χ0) is 25.9. The van der Waals surface area contributed by atoms with Gasteiger partial charge in [-0.3, -0.25) is 0 Å². The standard InChI is InChI=1S/C29H38N2O5/c1-19(30)26(22-11-9-21(10-12-22)20-7-8-20)34-24-15-13-23(14-16-24)27(32)35-25-6-5-17-31(18-25)28(33)36-29(2,3)4/h9-16,19-20,25-26H,5-8,17-18,30H2,1-4H3/t19?,25-,26?/m0/s1. The van der Waals surface area contributed by atoms with Crippen molar-refractivity contribution in [2.75, 3.05) is 13.1 Å². The van der Waals surface area contributed by atoms with E-state index < -0.39 is 11.6 Å². The van der Waals surface area contributed by atoms with Gasteiger partial charge < -0.3 is 24.8 Å². The third-order valence-electron chi connectivity index (χ3n) is 6.45. The van der Waals surface area contributed by atoms with E-state index in [1.807, 2.05) is 27.7 Å². The van der Waals surface area contributed by atoms with Crippen molar-refractivity contribution in [3.8, 4) is 5.75 Å². The van der Waals surface area contributed by atoms with E-state index in [1.165, 1.54) is 18.4 Å². The van der Waals surface area contributed by atoms with Gasteiger partial charge in [-0.25, -0.2) is 9.59 Å². The molecule has 2 unspecified atom stereocenters. The van der Waals surface area contributed by atoms with Gasteiger partial charge in [0, 0.05) is 12.6 Å². The van der Waals surface area contributed by atoms with Crippen molar-refractivity contribution < 1.29 is 23.8 Å². The summed E-state index contributed by atoms with van der Waals surface area (Å²) in [5.41, 5.74) is 8.51. The van der Waals surface area contributed by atoms with E-state index in [-0.39, 0.29) is 24.3 Å². The quantitative estimate of drug-likeness (QED) is 0.505. The van der Waals surface area contributed by atoms with Crippen LogP contribution in [-0.2, 0) is 9.47 Å². The Morgan fingerprint density at radius 1 is 1.00 bits per heavy atom. The number of amides is 1. The predicted octanol–water partition coefficient (Wildman–Crippen LogP) is 5.59. The lowest BCUT2D eigenvalue weighted by molar-refractivity contribution is -0.0115. The molecule has 1 amide bonds. The molecule has 36 heavy (non-hydrogen) atoms. The van der Waals surface area contributed by atoms with Gasteiger partial charge >= 0.3 is 12.1 Å². The smallest absolute Gasteiger partial charge is 0.410 e. The molecule has 0 spiro atoms.